The second kappa shape index (κ2) is 23.5. The van der Waals surface area contributed by atoms with Gasteiger partial charge < -0.3 is 25.7 Å². The van der Waals surface area contributed by atoms with E-state index >= 15 is 0 Å². The average Bonchev–Trinajstić information content (AvgIpc) is 2.84. The molecule has 0 aliphatic heterocycles. The number of nitrogens with one attached hydrogen (secondary N) is 1. The number of unbranched alkanes of at least 4 members (excludes halogenated alkanes) is 10. The van der Waals surface area contributed by atoms with Gasteiger partial charge in [0.15, 0.2) is 0 Å². The van der Waals surface area contributed by atoms with E-state index in [1.165, 1.54) is 38.5 Å². The third-order valence-corrected chi connectivity index (χ3v) is 6.12. The Kier molecular flexibility index (Phi) is 22.7. The van der Waals surface area contributed by atoms with Gasteiger partial charge in [-0.25, -0.2) is 0 Å². The van der Waals surface area contributed by atoms with Gasteiger partial charge in [-0.1, -0.05) is 95.9 Å². The summed E-state index contributed by atoms with van der Waals surface area (Å²) in [6.45, 7) is 3.86. The Morgan fingerprint density at radius 2 is 1.26 bits per heavy atom. The number of aliphatic hydroxyl groups excluding tert-OH is 4. The molecule has 4 unspecified atom stereocenters. The summed E-state index contributed by atoms with van der Waals surface area (Å²) in [7, 11) is 0. The molecule has 0 aromatic rings. The van der Waals surface area contributed by atoms with Crippen LogP contribution in [0.25, 0.3) is 0 Å². The summed E-state index contributed by atoms with van der Waals surface area (Å²) in [5, 5.41) is 42.8. The highest BCUT2D eigenvalue weighted by Gasteiger charge is 2.28. The van der Waals surface area contributed by atoms with Crippen LogP contribution in [0, 0.1) is 0 Å². The van der Waals surface area contributed by atoms with E-state index in [-0.39, 0.29) is 0 Å². The van der Waals surface area contributed by atoms with E-state index in [0.29, 0.717) is 19.3 Å². The molecule has 0 aromatic heterocycles. The minimum Gasteiger partial charge on any atom is -0.394 e. The zero-order valence-corrected chi connectivity index (χ0v) is 21.8. The van der Waals surface area contributed by atoms with Crippen molar-refractivity contribution in [3.63, 3.8) is 0 Å². The number of hydrogen-bond donors (Lipinski definition) is 5. The van der Waals surface area contributed by atoms with Crippen molar-refractivity contribution in [2.75, 3.05) is 6.61 Å². The molecule has 1 amide bonds. The molecule has 0 aromatic carbocycles. The number of hydrogen-bond acceptors (Lipinski definition) is 5. The van der Waals surface area contributed by atoms with Gasteiger partial charge in [0, 0.05) is 0 Å². The quantitative estimate of drug-likeness (QED) is 0.104. The topological polar surface area (TPSA) is 110 Å². The van der Waals surface area contributed by atoms with Gasteiger partial charge in [0.2, 0.25) is 5.91 Å². The monoisotopic (exact) mass is 483 g/mol. The van der Waals surface area contributed by atoms with Crippen LogP contribution >= 0.6 is 0 Å². The van der Waals surface area contributed by atoms with Crippen molar-refractivity contribution in [1.82, 2.24) is 5.32 Å². The first-order valence-corrected chi connectivity index (χ1v) is 13.7. The molecular weight excluding hydrogens is 430 g/mol. The van der Waals surface area contributed by atoms with Crippen LogP contribution in [-0.2, 0) is 4.79 Å². The summed E-state index contributed by atoms with van der Waals surface area (Å²) in [4.78, 5) is 12.2. The molecular formula is C28H53NO5. The molecule has 6 heteroatoms. The molecule has 34 heavy (non-hydrogen) atoms. The standard InChI is InChI=1S/C28H53NO5/c1-3-5-7-9-11-13-14-16-17-19-21-25(31)27(33)24(23-30)29-28(34)26(32)22-20-18-15-12-10-8-6-4-2/h7,9,14,16,24-27,30-33H,3-6,8,10-13,15,17-23H2,1-2H3,(H,29,34)/b9-7+,16-14+. The number of aliphatic hydroxyl groups is 4. The maximum Gasteiger partial charge on any atom is 0.249 e. The van der Waals surface area contributed by atoms with Gasteiger partial charge in [-0.05, 0) is 44.9 Å². The lowest BCUT2D eigenvalue weighted by atomic mass is 10.00. The Hall–Kier alpha value is -1.21. The van der Waals surface area contributed by atoms with Crippen LogP contribution in [-0.4, -0.2) is 57.3 Å². The third-order valence-electron chi connectivity index (χ3n) is 6.12. The lowest BCUT2D eigenvalue weighted by Crippen LogP contribution is -2.53. The Labute approximate surface area is 208 Å². The van der Waals surface area contributed by atoms with E-state index in [4.69, 9.17) is 0 Å². The molecule has 6 nitrogen and oxygen atoms in total. The summed E-state index contributed by atoms with van der Waals surface area (Å²) in [6.07, 6.45) is 20.7. The van der Waals surface area contributed by atoms with Gasteiger partial charge in [-0.2, -0.15) is 0 Å². The molecule has 0 spiro atoms. The van der Waals surface area contributed by atoms with Gasteiger partial charge in [-0.15, -0.1) is 0 Å². The van der Waals surface area contributed by atoms with Gasteiger partial charge >= 0.3 is 0 Å². The molecule has 0 saturated carbocycles. The third kappa shape index (κ3) is 18.2. The first-order valence-electron chi connectivity index (χ1n) is 13.7. The van der Waals surface area contributed by atoms with Crippen molar-refractivity contribution in [2.45, 2.75) is 141 Å². The van der Waals surface area contributed by atoms with Gasteiger partial charge in [-0.3, -0.25) is 4.79 Å². The Morgan fingerprint density at radius 1 is 0.706 bits per heavy atom. The van der Waals surface area contributed by atoms with Crippen LogP contribution in [0.4, 0.5) is 0 Å². The maximum atomic E-state index is 12.2. The lowest BCUT2D eigenvalue weighted by Gasteiger charge is -2.27. The molecule has 0 bridgehead atoms. The summed E-state index contributed by atoms with van der Waals surface area (Å²) < 4.78 is 0. The highest BCUT2D eigenvalue weighted by atomic mass is 16.3. The first kappa shape index (κ1) is 32.8. The molecule has 0 aliphatic carbocycles. The molecule has 0 rings (SSSR count). The fourth-order valence-electron chi connectivity index (χ4n) is 3.83. The molecule has 0 heterocycles. The van der Waals surface area contributed by atoms with E-state index in [9.17, 15) is 25.2 Å². The Morgan fingerprint density at radius 3 is 1.85 bits per heavy atom. The van der Waals surface area contributed by atoms with Crippen molar-refractivity contribution in [1.29, 1.82) is 0 Å². The number of rotatable bonds is 23. The molecule has 200 valence electrons. The molecule has 0 saturated heterocycles. The number of allylic oxidation sites excluding steroid dienone is 4. The molecule has 5 N–H and O–H groups in total. The van der Waals surface area contributed by atoms with E-state index in [0.717, 1.165) is 44.9 Å². The summed E-state index contributed by atoms with van der Waals surface area (Å²) in [6, 6.07) is -0.999. The fourth-order valence-corrected chi connectivity index (χ4v) is 3.83. The van der Waals surface area contributed by atoms with Crippen molar-refractivity contribution < 1.29 is 25.2 Å². The van der Waals surface area contributed by atoms with Crippen molar-refractivity contribution >= 4 is 5.91 Å². The maximum absolute atomic E-state index is 12.2. The molecule has 0 aliphatic rings. The van der Waals surface area contributed by atoms with Crippen LogP contribution < -0.4 is 5.32 Å². The highest BCUT2D eigenvalue weighted by Crippen LogP contribution is 2.12. The predicted octanol–water partition coefficient (Wildman–Crippen LogP) is 4.94. The Bertz CT molecular complexity index is 523. The van der Waals surface area contributed by atoms with Crippen LogP contribution in [0.2, 0.25) is 0 Å². The van der Waals surface area contributed by atoms with Crippen LogP contribution in [0.1, 0.15) is 117 Å². The smallest absolute Gasteiger partial charge is 0.249 e. The average molecular weight is 484 g/mol. The van der Waals surface area contributed by atoms with Crippen molar-refractivity contribution in [3.05, 3.63) is 24.3 Å². The van der Waals surface area contributed by atoms with E-state index in [2.05, 4.69) is 43.5 Å². The normalized spacial score (nSPS) is 15.6. The zero-order valence-electron chi connectivity index (χ0n) is 21.8. The molecule has 0 fully saturated rings. The van der Waals surface area contributed by atoms with Crippen molar-refractivity contribution in [3.8, 4) is 0 Å². The largest absolute Gasteiger partial charge is 0.394 e. The van der Waals surface area contributed by atoms with Gasteiger partial charge in [0.1, 0.15) is 12.2 Å². The summed E-state index contributed by atoms with van der Waals surface area (Å²) in [5.41, 5.74) is 0. The Balaban J connectivity index is 4.07. The summed E-state index contributed by atoms with van der Waals surface area (Å²) in [5.74, 6) is -0.607. The number of amides is 1. The van der Waals surface area contributed by atoms with E-state index in [1.54, 1.807) is 0 Å². The minimum atomic E-state index is -1.28. The predicted molar refractivity (Wildman–Crippen MR) is 141 cm³/mol. The van der Waals surface area contributed by atoms with Gasteiger partial charge in [0.05, 0.1) is 18.8 Å². The van der Waals surface area contributed by atoms with Crippen LogP contribution in [0.5, 0.6) is 0 Å². The zero-order chi connectivity index (χ0) is 25.4. The van der Waals surface area contributed by atoms with Gasteiger partial charge in [0.25, 0.3) is 0 Å². The second-order valence-electron chi connectivity index (χ2n) is 9.37. The minimum absolute atomic E-state index is 0.359. The number of carbonyl (C=O) groups is 1. The van der Waals surface area contributed by atoms with Crippen molar-refractivity contribution in [2.24, 2.45) is 0 Å². The van der Waals surface area contributed by atoms with Crippen LogP contribution in [0.15, 0.2) is 24.3 Å². The highest BCUT2D eigenvalue weighted by molar-refractivity contribution is 5.80. The number of carbonyl (C=O) groups excluding carboxylic acids is 1. The van der Waals surface area contributed by atoms with E-state index in [1.807, 2.05) is 0 Å². The molecule has 4 atom stereocenters. The second-order valence-corrected chi connectivity index (χ2v) is 9.37. The SMILES string of the molecule is CCC/C=C/CC/C=C/CCCC(O)C(O)C(CO)NC(=O)C(O)CCCCCCCCCC. The lowest BCUT2D eigenvalue weighted by molar-refractivity contribution is -0.132. The summed E-state index contributed by atoms with van der Waals surface area (Å²) >= 11 is 0. The first-order chi connectivity index (χ1) is 16.5. The molecule has 0 radical (unpaired) electrons. The van der Waals surface area contributed by atoms with Crippen LogP contribution in [0.3, 0.4) is 0 Å². The fraction of sp³-hybridized carbons (Fsp3) is 0.821. The van der Waals surface area contributed by atoms with E-state index < -0.39 is 36.9 Å².